The molecule has 0 spiro atoms. The predicted octanol–water partition coefficient (Wildman–Crippen LogP) is 3.49. The molecule has 3 heteroatoms. The third kappa shape index (κ3) is 3.47. The molecule has 1 unspecified atom stereocenters. The summed E-state index contributed by atoms with van der Waals surface area (Å²) in [5.74, 6) is 0.626. The van der Waals surface area contributed by atoms with E-state index < -0.39 is 0 Å². The Morgan fingerprint density at radius 2 is 2.00 bits per heavy atom. The van der Waals surface area contributed by atoms with E-state index in [1.165, 1.54) is 6.42 Å². The summed E-state index contributed by atoms with van der Waals surface area (Å²) in [5.41, 5.74) is 0.271. The van der Waals surface area contributed by atoms with Crippen LogP contribution in [0.25, 0.3) is 0 Å². The van der Waals surface area contributed by atoms with Gasteiger partial charge in [-0.15, -0.1) is 0 Å². The van der Waals surface area contributed by atoms with Crippen LogP contribution in [0.1, 0.15) is 53.4 Å². The van der Waals surface area contributed by atoms with Crippen LogP contribution in [-0.2, 0) is 4.79 Å². The smallest absolute Gasteiger partial charge is 0.220 e. The molecule has 1 N–H and O–H groups in total. The number of amides is 1. The maximum atomic E-state index is 11.9. The minimum atomic E-state index is 0.0642. The Hall–Kier alpha value is -0.0500. The minimum Gasteiger partial charge on any atom is -0.350 e. The van der Waals surface area contributed by atoms with E-state index in [0.717, 1.165) is 18.2 Å². The van der Waals surface area contributed by atoms with Crippen LogP contribution in [0, 0.1) is 11.3 Å². The van der Waals surface area contributed by atoms with Crippen molar-refractivity contribution in [2.24, 2.45) is 11.3 Å². The van der Waals surface area contributed by atoms with Crippen LogP contribution in [0.5, 0.6) is 0 Å². The Kier molecular flexibility index (Phi) is 4.44. The van der Waals surface area contributed by atoms with Crippen LogP contribution in [0.2, 0.25) is 0 Å². The van der Waals surface area contributed by atoms with Crippen LogP contribution < -0.4 is 5.32 Å². The van der Waals surface area contributed by atoms with E-state index in [4.69, 9.17) is 0 Å². The van der Waals surface area contributed by atoms with Crippen molar-refractivity contribution >= 4 is 21.8 Å². The predicted molar refractivity (Wildman–Crippen MR) is 71.8 cm³/mol. The lowest BCUT2D eigenvalue weighted by molar-refractivity contribution is -0.125. The second-order valence-electron chi connectivity index (χ2n) is 6.29. The maximum Gasteiger partial charge on any atom is 0.220 e. The summed E-state index contributed by atoms with van der Waals surface area (Å²) in [5, 5.41) is 4.08. The Labute approximate surface area is 108 Å². The average Bonchev–Trinajstić information content (AvgIpc) is 2.09. The molecular weight excluding hydrogens is 266 g/mol. The highest BCUT2D eigenvalue weighted by Gasteiger charge is 2.37. The summed E-state index contributed by atoms with van der Waals surface area (Å²) in [6.07, 6.45) is 4.11. The summed E-state index contributed by atoms with van der Waals surface area (Å²) in [6, 6.07) is 0. The van der Waals surface area contributed by atoms with Crippen molar-refractivity contribution in [2.75, 3.05) is 5.33 Å². The zero-order valence-electron chi connectivity index (χ0n) is 10.9. The average molecular weight is 290 g/mol. The number of hydrogen-bond donors (Lipinski definition) is 1. The molecule has 0 aromatic heterocycles. The molecule has 1 atom stereocenters. The number of carbonyl (C=O) groups excluding carboxylic acids is 1. The van der Waals surface area contributed by atoms with E-state index >= 15 is 0 Å². The number of alkyl halides is 1. The molecule has 0 saturated heterocycles. The molecule has 16 heavy (non-hydrogen) atoms. The first kappa shape index (κ1) is 14.0. The molecule has 1 rings (SSSR count). The summed E-state index contributed by atoms with van der Waals surface area (Å²) in [4.78, 5) is 11.9. The topological polar surface area (TPSA) is 29.1 Å². The first-order chi connectivity index (χ1) is 7.29. The third-order valence-electron chi connectivity index (χ3n) is 3.94. The number of rotatable bonds is 4. The lowest BCUT2D eigenvalue weighted by Crippen LogP contribution is -2.55. The Morgan fingerprint density at radius 3 is 2.31 bits per heavy atom. The summed E-state index contributed by atoms with van der Waals surface area (Å²) in [7, 11) is 0. The van der Waals surface area contributed by atoms with Crippen LogP contribution in [0.3, 0.4) is 0 Å². The number of carbonyl (C=O) groups is 1. The first-order valence-electron chi connectivity index (χ1n) is 6.16. The van der Waals surface area contributed by atoms with Crippen LogP contribution in [0.4, 0.5) is 0 Å². The number of hydrogen-bond acceptors (Lipinski definition) is 1. The van der Waals surface area contributed by atoms with Gasteiger partial charge in [0.1, 0.15) is 0 Å². The second kappa shape index (κ2) is 5.07. The molecule has 1 fully saturated rings. The highest BCUT2D eigenvalue weighted by Crippen LogP contribution is 2.34. The highest BCUT2D eigenvalue weighted by atomic mass is 79.9. The third-order valence-corrected chi connectivity index (χ3v) is 5.01. The van der Waals surface area contributed by atoms with Gasteiger partial charge in [-0.3, -0.25) is 4.79 Å². The summed E-state index contributed by atoms with van der Waals surface area (Å²) in [6.45, 7) is 8.72. The van der Waals surface area contributed by atoms with Crippen molar-refractivity contribution in [2.45, 2.75) is 58.9 Å². The van der Waals surface area contributed by atoms with Crippen molar-refractivity contribution in [1.82, 2.24) is 5.32 Å². The van der Waals surface area contributed by atoms with Gasteiger partial charge in [0, 0.05) is 17.3 Å². The molecule has 0 aromatic carbocycles. The molecule has 0 aromatic rings. The molecular formula is C13H24BrNO. The minimum absolute atomic E-state index is 0.0642. The lowest BCUT2D eigenvalue weighted by atomic mass is 9.77. The van der Waals surface area contributed by atoms with E-state index in [1.54, 1.807) is 0 Å². The van der Waals surface area contributed by atoms with Crippen molar-refractivity contribution in [3.8, 4) is 0 Å². The fourth-order valence-electron chi connectivity index (χ4n) is 1.83. The molecule has 1 saturated carbocycles. The fraction of sp³-hybridized carbons (Fsp3) is 0.923. The van der Waals surface area contributed by atoms with Gasteiger partial charge < -0.3 is 5.32 Å². The van der Waals surface area contributed by atoms with Crippen LogP contribution >= 0.6 is 15.9 Å². The van der Waals surface area contributed by atoms with Gasteiger partial charge in [-0.1, -0.05) is 43.6 Å². The molecule has 0 bridgehead atoms. The molecule has 0 aliphatic heterocycles. The molecule has 94 valence electrons. The van der Waals surface area contributed by atoms with Crippen molar-refractivity contribution in [1.29, 1.82) is 0 Å². The van der Waals surface area contributed by atoms with Gasteiger partial charge in [-0.25, -0.2) is 0 Å². The van der Waals surface area contributed by atoms with Crippen molar-refractivity contribution in [3.05, 3.63) is 0 Å². The largest absolute Gasteiger partial charge is 0.350 e. The van der Waals surface area contributed by atoms with Gasteiger partial charge in [-0.05, 0) is 30.6 Å². The summed E-state index contributed by atoms with van der Waals surface area (Å²) < 4.78 is 0. The van der Waals surface area contributed by atoms with Crippen LogP contribution in [0.15, 0.2) is 0 Å². The zero-order valence-corrected chi connectivity index (χ0v) is 12.5. The number of nitrogens with one attached hydrogen (secondary N) is 1. The maximum absolute atomic E-state index is 11.9. The zero-order chi connectivity index (χ0) is 12.4. The molecule has 1 amide bonds. The van der Waals surface area contributed by atoms with Gasteiger partial charge in [0.05, 0.1) is 0 Å². The van der Waals surface area contributed by atoms with Crippen molar-refractivity contribution < 1.29 is 4.79 Å². The van der Waals surface area contributed by atoms with Crippen LogP contribution in [-0.4, -0.2) is 16.8 Å². The number of halogens is 1. The monoisotopic (exact) mass is 289 g/mol. The van der Waals surface area contributed by atoms with Crippen molar-refractivity contribution in [3.63, 3.8) is 0 Å². The Balaban J connectivity index is 2.41. The SMILES string of the molecule is CC(CC(=O)NC1(CBr)CCC1)C(C)(C)C. The molecule has 2 nitrogen and oxygen atoms in total. The highest BCUT2D eigenvalue weighted by molar-refractivity contribution is 9.09. The molecule has 1 aliphatic carbocycles. The first-order valence-corrected chi connectivity index (χ1v) is 7.28. The van der Waals surface area contributed by atoms with Gasteiger partial charge in [0.15, 0.2) is 0 Å². The Morgan fingerprint density at radius 1 is 1.44 bits per heavy atom. The fourth-order valence-corrected chi connectivity index (χ4v) is 2.53. The van der Waals surface area contributed by atoms with Gasteiger partial charge >= 0.3 is 0 Å². The molecule has 1 aliphatic rings. The van der Waals surface area contributed by atoms with E-state index in [2.05, 4.69) is 48.9 Å². The normalized spacial score (nSPS) is 21.1. The van der Waals surface area contributed by atoms with E-state index in [-0.39, 0.29) is 16.9 Å². The lowest BCUT2D eigenvalue weighted by Gasteiger charge is -2.41. The van der Waals surface area contributed by atoms with Gasteiger partial charge in [0.2, 0.25) is 5.91 Å². The molecule has 0 heterocycles. The molecule has 0 radical (unpaired) electrons. The standard InChI is InChI=1S/C13H24BrNO/c1-10(12(2,3)4)8-11(16)15-13(9-14)6-5-7-13/h10H,5-9H2,1-4H3,(H,15,16). The van der Waals surface area contributed by atoms with Gasteiger partial charge in [-0.2, -0.15) is 0 Å². The summed E-state index contributed by atoms with van der Waals surface area (Å²) >= 11 is 3.50. The second-order valence-corrected chi connectivity index (χ2v) is 6.85. The van der Waals surface area contributed by atoms with E-state index in [9.17, 15) is 4.79 Å². The van der Waals surface area contributed by atoms with E-state index in [0.29, 0.717) is 12.3 Å². The van der Waals surface area contributed by atoms with Gasteiger partial charge in [0.25, 0.3) is 0 Å². The van der Waals surface area contributed by atoms with E-state index in [1.807, 2.05) is 0 Å². The quantitative estimate of drug-likeness (QED) is 0.789. The Bertz CT molecular complexity index is 248.